The third-order valence-electron chi connectivity index (χ3n) is 13.4. The van der Waals surface area contributed by atoms with E-state index in [9.17, 15) is 22.8 Å². The van der Waals surface area contributed by atoms with Crippen molar-refractivity contribution in [1.29, 1.82) is 0 Å². The molecule has 63 heavy (non-hydrogen) atoms. The number of pyridine rings is 1. The van der Waals surface area contributed by atoms with Crippen LogP contribution >= 0.6 is 0 Å². The maximum absolute atomic E-state index is 15.1. The van der Waals surface area contributed by atoms with E-state index in [0.717, 1.165) is 48.6 Å². The second-order valence-corrected chi connectivity index (χ2v) is 20.8. The molecule has 5 atom stereocenters. The lowest BCUT2D eigenvalue weighted by Gasteiger charge is -2.35. The average Bonchev–Trinajstić information content (AvgIpc) is 4.21. The molecule has 16 heteroatoms. The first-order valence-electron chi connectivity index (χ1n) is 22.4. The Labute approximate surface area is 369 Å². The van der Waals surface area contributed by atoms with Gasteiger partial charge in [-0.25, -0.2) is 18.2 Å². The number of alkyl carbamates (subject to hydrolysis) is 1. The third-order valence-corrected chi connectivity index (χ3v) is 15.3. The zero-order valence-corrected chi connectivity index (χ0v) is 37.3. The molecule has 338 valence electrons. The summed E-state index contributed by atoms with van der Waals surface area (Å²) in [5.41, 5.74) is 0.686. The van der Waals surface area contributed by atoms with E-state index >= 15 is 4.79 Å². The molecule has 1 saturated heterocycles. The lowest BCUT2D eigenvalue weighted by molar-refractivity contribution is -0.142. The highest BCUT2D eigenvalue weighted by Gasteiger charge is 2.62. The van der Waals surface area contributed by atoms with Crippen molar-refractivity contribution in [2.24, 2.45) is 17.3 Å². The Morgan fingerprint density at radius 3 is 2.51 bits per heavy atom. The van der Waals surface area contributed by atoms with Crippen molar-refractivity contribution in [3.63, 3.8) is 0 Å². The lowest BCUT2D eigenvalue weighted by Crippen LogP contribution is -2.59. The van der Waals surface area contributed by atoms with Gasteiger partial charge in [-0.15, -0.1) is 6.58 Å². The fourth-order valence-electron chi connectivity index (χ4n) is 9.49. The lowest BCUT2D eigenvalue weighted by atomic mass is 9.83. The molecular weight excluding hydrogens is 825 g/mol. The van der Waals surface area contributed by atoms with Crippen molar-refractivity contribution in [3.05, 3.63) is 72.3 Å². The summed E-state index contributed by atoms with van der Waals surface area (Å²) in [6, 6.07) is 13.6. The number of anilines is 1. The van der Waals surface area contributed by atoms with E-state index in [1.54, 1.807) is 7.11 Å². The summed E-state index contributed by atoms with van der Waals surface area (Å²) in [6.45, 7) is 8.53. The van der Waals surface area contributed by atoms with Crippen molar-refractivity contribution >= 4 is 50.6 Å². The molecule has 2 aromatic carbocycles. The average molecular weight is 885 g/mol. The van der Waals surface area contributed by atoms with Gasteiger partial charge in [-0.3, -0.25) is 19.1 Å². The maximum Gasteiger partial charge on any atom is 0.407 e. The zero-order valence-electron chi connectivity index (χ0n) is 36.5. The molecule has 5 aliphatic rings. The summed E-state index contributed by atoms with van der Waals surface area (Å²) in [5, 5.41) is 9.32. The maximum atomic E-state index is 15.1. The molecule has 3 aromatic rings. The Morgan fingerprint density at radius 2 is 1.81 bits per heavy atom. The minimum absolute atomic E-state index is 0.0103. The van der Waals surface area contributed by atoms with Gasteiger partial charge in [0.1, 0.15) is 41.0 Å². The van der Waals surface area contributed by atoms with Crippen molar-refractivity contribution in [1.82, 2.24) is 25.2 Å². The second kappa shape index (κ2) is 18.0. The summed E-state index contributed by atoms with van der Waals surface area (Å²) in [5.74, 6) is -0.906. The van der Waals surface area contributed by atoms with E-state index in [1.807, 2.05) is 62.4 Å². The number of nitrogens with one attached hydrogen (secondary N) is 4. The number of ether oxygens (including phenoxy) is 3. The molecule has 0 spiro atoms. The van der Waals surface area contributed by atoms with E-state index < -0.39 is 68.7 Å². The Bertz CT molecular complexity index is 2350. The molecule has 1 unspecified atom stereocenters. The van der Waals surface area contributed by atoms with E-state index in [0.29, 0.717) is 61.5 Å². The number of amides is 4. The van der Waals surface area contributed by atoms with Gasteiger partial charge >= 0.3 is 6.09 Å². The highest BCUT2D eigenvalue weighted by atomic mass is 32.2. The molecule has 3 saturated carbocycles. The Hall–Kier alpha value is -5.38. The van der Waals surface area contributed by atoms with E-state index in [1.165, 1.54) is 11.0 Å². The van der Waals surface area contributed by atoms with Crippen LogP contribution in [0.2, 0.25) is 0 Å². The Morgan fingerprint density at radius 1 is 1.05 bits per heavy atom. The summed E-state index contributed by atoms with van der Waals surface area (Å²) >= 11 is 0. The van der Waals surface area contributed by atoms with Gasteiger partial charge in [0.2, 0.25) is 21.8 Å². The molecule has 4 N–H and O–H groups in total. The number of fused-ring (bicyclic) bond motifs is 3. The zero-order chi connectivity index (χ0) is 44.5. The van der Waals surface area contributed by atoms with Gasteiger partial charge in [0, 0.05) is 36.4 Å². The highest BCUT2D eigenvalue weighted by molar-refractivity contribution is 7.91. The smallest absolute Gasteiger partial charge is 0.407 e. The van der Waals surface area contributed by atoms with Gasteiger partial charge in [0.25, 0.3) is 5.91 Å². The first-order valence-corrected chi connectivity index (χ1v) is 23.9. The van der Waals surface area contributed by atoms with Crippen LogP contribution in [0.3, 0.4) is 0 Å². The molecule has 3 aliphatic carbocycles. The van der Waals surface area contributed by atoms with E-state index in [4.69, 9.17) is 19.2 Å². The third kappa shape index (κ3) is 9.90. The number of hydrogen-bond acceptors (Lipinski definition) is 11. The predicted octanol–water partition coefficient (Wildman–Crippen LogP) is 5.91. The van der Waals surface area contributed by atoms with Crippen molar-refractivity contribution < 1.29 is 41.8 Å². The van der Waals surface area contributed by atoms with Crippen LogP contribution in [-0.4, -0.2) is 91.4 Å². The monoisotopic (exact) mass is 884 g/mol. The molecular formula is C47H60N6O9S. The Balaban J connectivity index is 1.17. The SMILES string of the molecule is C=C[C@@H]1CC1(NC(=O)[C@@H]1C[C@@H]2CN1C(=O)[C@H](C1CCCCC1)NC(=O)OCC(C)(C)CCCc1cc3c(cc(NCc4ccccc4)nc3cc1OC)O2)C(=O)NS(=O)(=O)C1CC1. The predicted molar refractivity (Wildman–Crippen MR) is 237 cm³/mol. The number of methoxy groups -OCH3 is 1. The molecule has 4 fully saturated rings. The van der Waals surface area contributed by atoms with Crippen LogP contribution < -0.4 is 30.1 Å². The normalized spacial score (nSPS) is 26.6. The molecule has 4 bridgehead atoms. The van der Waals surface area contributed by atoms with Crippen LogP contribution in [0.25, 0.3) is 10.9 Å². The number of aryl methyl sites for hydroxylation is 1. The number of carbonyl (C=O) groups is 4. The molecule has 15 nitrogen and oxygen atoms in total. The highest BCUT2D eigenvalue weighted by Crippen LogP contribution is 2.46. The van der Waals surface area contributed by atoms with Crippen LogP contribution in [0.1, 0.15) is 95.6 Å². The molecule has 8 rings (SSSR count). The van der Waals surface area contributed by atoms with E-state index in [2.05, 4.69) is 27.3 Å². The fraction of sp³-hybridized carbons (Fsp3) is 0.553. The standard InChI is InChI=1S/C47H60N6O9S/c1-5-32-25-47(32,44(56)52-63(58,59)34-18-19-34)51-42(54)37-22-33-27-53(37)43(55)41(30-15-10-7-11-16-30)50-45(57)61-28-46(2,3)20-12-17-31-21-35-36(23-38(31)60-4)49-40(24-39(35)62-33)48-26-29-13-8-6-9-14-29/h5-6,8-9,13-14,21,23-24,30,32-34,37,41H,1,7,10-12,15-20,22,25-28H2,2-4H3,(H,48,49)(H,50,57)(H,51,54)(H,52,56)/t32-,33-,37+,41+,47?/m1/s1. The number of rotatable bonds is 11. The van der Waals surface area contributed by atoms with Gasteiger partial charge < -0.3 is 35.1 Å². The second-order valence-electron chi connectivity index (χ2n) is 18.8. The van der Waals surface area contributed by atoms with Gasteiger partial charge in [0.15, 0.2) is 0 Å². The van der Waals surface area contributed by atoms with Crippen LogP contribution in [0.5, 0.6) is 11.5 Å². The number of benzene rings is 2. The topological polar surface area (TPSA) is 194 Å². The molecule has 4 amide bonds. The minimum Gasteiger partial charge on any atom is -0.496 e. The molecule has 0 radical (unpaired) electrons. The van der Waals surface area contributed by atoms with Crippen LogP contribution in [0, 0.1) is 17.3 Å². The fourth-order valence-corrected chi connectivity index (χ4v) is 10.9. The van der Waals surface area contributed by atoms with Gasteiger partial charge in [0.05, 0.1) is 31.0 Å². The largest absolute Gasteiger partial charge is 0.496 e. The number of cyclic esters (lactones) is 1. The van der Waals surface area contributed by atoms with Crippen molar-refractivity contribution in [3.8, 4) is 11.5 Å². The molecule has 3 heterocycles. The van der Waals surface area contributed by atoms with Crippen LogP contribution in [0.15, 0.2) is 61.2 Å². The molecule has 1 aromatic heterocycles. The Kier molecular flexibility index (Phi) is 12.6. The summed E-state index contributed by atoms with van der Waals surface area (Å²) in [4.78, 5) is 63.6. The van der Waals surface area contributed by atoms with Gasteiger partial charge in [-0.05, 0) is 79.9 Å². The summed E-state index contributed by atoms with van der Waals surface area (Å²) in [6.07, 6.45) is 7.62. The quantitative estimate of drug-likeness (QED) is 0.167. The number of sulfonamides is 1. The number of aromatic nitrogens is 1. The first-order chi connectivity index (χ1) is 30.2. The number of hydrogen-bond donors (Lipinski definition) is 4. The van der Waals surface area contributed by atoms with E-state index in [-0.39, 0.29) is 37.3 Å². The summed E-state index contributed by atoms with van der Waals surface area (Å²) in [7, 11) is -2.29. The number of carbonyl (C=O) groups excluding carboxylic acids is 4. The van der Waals surface area contributed by atoms with Gasteiger partial charge in [-0.2, -0.15) is 0 Å². The minimum atomic E-state index is -3.92. The summed E-state index contributed by atoms with van der Waals surface area (Å²) < 4.78 is 46.6. The van der Waals surface area contributed by atoms with Gasteiger partial charge in [-0.1, -0.05) is 69.5 Å². The van der Waals surface area contributed by atoms with Crippen molar-refractivity contribution in [2.45, 2.75) is 126 Å². The van der Waals surface area contributed by atoms with Crippen LogP contribution in [0.4, 0.5) is 10.6 Å². The number of nitrogens with zero attached hydrogens (tertiary/aromatic N) is 2. The molecule has 2 aliphatic heterocycles. The van der Waals surface area contributed by atoms with Crippen LogP contribution in [-0.2, 0) is 42.1 Å². The first kappa shape index (κ1) is 44.2. The van der Waals surface area contributed by atoms with Crippen molar-refractivity contribution in [2.75, 3.05) is 25.6 Å².